The monoisotopic (exact) mass is 420 g/mol. The first kappa shape index (κ1) is 20.6. The topological polar surface area (TPSA) is 135 Å². The number of carboxylic acids is 1. The third-order valence-electron chi connectivity index (χ3n) is 4.40. The van der Waals surface area contributed by atoms with Gasteiger partial charge in [0.25, 0.3) is 0 Å². The van der Waals surface area contributed by atoms with Crippen LogP contribution in [0.25, 0.3) is 21.9 Å². The zero-order valence-electron chi connectivity index (χ0n) is 15.9. The minimum atomic E-state index is -4.06. The molecule has 0 unspecified atom stereocenters. The zero-order chi connectivity index (χ0) is 21.3. The second-order valence-electron chi connectivity index (χ2n) is 6.77. The third-order valence-corrected chi connectivity index (χ3v) is 5.84. The number of hydrogen-bond acceptors (Lipinski definition) is 6. The fraction of sp³-hybridized carbons (Fsp3) is 0.263. The molecule has 0 spiro atoms. The highest BCUT2D eigenvalue weighted by atomic mass is 32.2. The summed E-state index contributed by atoms with van der Waals surface area (Å²) >= 11 is 0. The minimum Gasteiger partial charge on any atom is -0.480 e. The molecule has 0 fully saturated rings. The van der Waals surface area contributed by atoms with Crippen molar-refractivity contribution >= 4 is 49.7 Å². The largest absolute Gasteiger partial charge is 0.480 e. The van der Waals surface area contributed by atoms with Gasteiger partial charge in [-0.25, -0.2) is 13.2 Å². The summed E-state index contributed by atoms with van der Waals surface area (Å²) in [6, 6.07) is 7.94. The van der Waals surface area contributed by atoms with Crippen LogP contribution in [0.3, 0.4) is 0 Å². The molecule has 9 nitrogen and oxygen atoms in total. The highest BCUT2D eigenvalue weighted by molar-refractivity contribution is 7.89. The molecule has 1 aromatic heterocycles. The average molecular weight is 420 g/mol. The summed E-state index contributed by atoms with van der Waals surface area (Å²) in [4.78, 5) is 22.6. The fourth-order valence-electron chi connectivity index (χ4n) is 2.88. The van der Waals surface area contributed by atoms with Crippen LogP contribution in [0, 0.1) is 5.92 Å². The number of rotatable bonds is 6. The van der Waals surface area contributed by atoms with Crippen molar-refractivity contribution in [3.8, 4) is 0 Å². The van der Waals surface area contributed by atoms with Crippen LogP contribution in [0.1, 0.15) is 13.8 Å². The number of amides is 1. The van der Waals surface area contributed by atoms with Crippen LogP contribution >= 0.6 is 0 Å². The molecule has 0 aliphatic carbocycles. The van der Waals surface area contributed by atoms with Crippen LogP contribution in [0.5, 0.6) is 0 Å². The number of benzene rings is 2. The first-order chi connectivity index (χ1) is 13.6. The van der Waals surface area contributed by atoms with E-state index in [1.165, 1.54) is 25.3 Å². The number of carbonyl (C=O) groups excluding carboxylic acids is 1. The van der Waals surface area contributed by atoms with Gasteiger partial charge >= 0.3 is 12.1 Å². The van der Waals surface area contributed by atoms with E-state index in [2.05, 4.69) is 14.8 Å². The average Bonchev–Trinajstić information content (AvgIpc) is 3.02. The molecule has 0 bridgehead atoms. The Kier molecular flexibility index (Phi) is 5.49. The molecule has 3 N–H and O–H groups in total. The van der Waals surface area contributed by atoms with Crippen LogP contribution in [0.4, 0.5) is 10.5 Å². The van der Waals surface area contributed by atoms with E-state index in [0.29, 0.717) is 27.6 Å². The summed E-state index contributed by atoms with van der Waals surface area (Å²) in [5.41, 5.74) is 1.36. The molecule has 10 heteroatoms. The Hall–Kier alpha value is -3.11. The number of ether oxygens (including phenoxy) is 1. The summed E-state index contributed by atoms with van der Waals surface area (Å²) < 4.78 is 37.9. The van der Waals surface area contributed by atoms with Crippen molar-refractivity contribution in [3.63, 3.8) is 0 Å². The number of carbonyl (C=O) groups is 2. The van der Waals surface area contributed by atoms with Crippen molar-refractivity contribution in [2.24, 2.45) is 5.92 Å². The zero-order valence-corrected chi connectivity index (χ0v) is 16.7. The lowest BCUT2D eigenvalue weighted by Gasteiger charge is -2.17. The summed E-state index contributed by atoms with van der Waals surface area (Å²) in [6.45, 7) is 3.24. The number of furan rings is 1. The molecule has 3 rings (SSSR count). The maximum absolute atomic E-state index is 12.7. The van der Waals surface area contributed by atoms with Crippen LogP contribution in [-0.4, -0.2) is 38.7 Å². The smallest absolute Gasteiger partial charge is 0.411 e. The van der Waals surface area contributed by atoms with Gasteiger partial charge in [0.2, 0.25) is 10.0 Å². The maximum Gasteiger partial charge on any atom is 0.411 e. The lowest BCUT2D eigenvalue weighted by atomic mass is 10.1. The highest BCUT2D eigenvalue weighted by Gasteiger charge is 2.28. The van der Waals surface area contributed by atoms with Crippen molar-refractivity contribution in [2.45, 2.75) is 24.8 Å². The summed E-state index contributed by atoms with van der Waals surface area (Å²) in [5, 5.41) is 13.0. The van der Waals surface area contributed by atoms with E-state index in [0.717, 1.165) is 0 Å². The minimum absolute atomic E-state index is 0.0728. The van der Waals surface area contributed by atoms with Gasteiger partial charge in [-0.15, -0.1) is 0 Å². The predicted octanol–water partition coefficient (Wildman–Crippen LogP) is 3.15. The quantitative estimate of drug-likeness (QED) is 0.557. The van der Waals surface area contributed by atoms with Crippen LogP contribution in [0.2, 0.25) is 0 Å². The van der Waals surface area contributed by atoms with E-state index in [1.807, 2.05) is 0 Å². The number of aliphatic carboxylic acids is 1. The van der Waals surface area contributed by atoms with Crippen molar-refractivity contribution in [1.29, 1.82) is 0 Å². The van der Waals surface area contributed by atoms with Gasteiger partial charge in [-0.3, -0.25) is 10.1 Å². The highest BCUT2D eigenvalue weighted by Crippen LogP contribution is 2.32. The second-order valence-corrected chi connectivity index (χ2v) is 8.48. The molecule has 0 aliphatic rings. The number of fused-ring (bicyclic) bond motifs is 3. The van der Waals surface area contributed by atoms with Crippen LogP contribution in [0.15, 0.2) is 45.7 Å². The van der Waals surface area contributed by atoms with Gasteiger partial charge in [0, 0.05) is 22.5 Å². The van der Waals surface area contributed by atoms with Gasteiger partial charge in [-0.1, -0.05) is 13.8 Å². The summed E-state index contributed by atoms with van der Waals surface area (Å²) in [7, 11) is -2.81. The Bertz CT molecular complexity index is 1200. The van der Waals surface area contributed by atoms with Gasteiger partial charge in [0.05, 0.1) is 12.0 Å². The van der Waals surface area contributed by atoms with Crippen molar-refractivity contribution in [2.75, 3.05) is 12.4 Å². The van der Waals surface area contributed by atoms with Crippen molar-refractivity contribution in [1.82, 2.24) is 4.72 Å². The Morgan fingerprint density at radius 2 is 1.79 bits per heavy atom. The molecule has 29 heavy (non-hydrogen) atoms. The summed E-state index contributed by atoms with van der Waals surface area (Å²) in [5.74, 6) is -1.68. The van der Waals surface area contributed by atoms with E-state index in [9.17, 15) is 23.1 Å². The molecular formula is C19H20N2O7S. The van der Waals surface area contributed by atoms with Crippen molar-refractivity contribution in [3.05, 3.63) is 36.4 Å². The number of nitrogens with one attached hydrogen (secondary N) is 2. The molecule has 2 aromatic carbocycles. The first-order valence-corrected chi connectivity index (χ1v) is 10.2. The number of carboxylic acid groups (broad SMARTS) is 1. The third kappa shape index (κ3) is 4.17. The number of hydrogen-bond donors (Lipinski definition) is 3. The van der Waals surface area contributed by atoms with Gasteiger partial charge in [-0.05, 0) is 36.2 Å². The van der Waals surface area contributed by atoms with Crippen molar-refractivity contribution < 1.29 is 32.3 Å². The number of methoxy groups -OCH3 is 1. The molecule has 0 saturated carbocycles. The Balaban J connectivity index is 2.01. The second kappa shape index (κ2) is 7.72. The molecular weight excluding hydrogens is 400 g/mol. The molecule has 1 atom stereocenters. The Morgan fingerprint density at radius 3 is 2.41 bits per heavy atom. The molecule has 0 saturated heterocycles. The SMILES string of the molecule is COC(=O)Nc1ccc2c(c1)oc1ccc(S(=O)(=O)N[C@@H](C(=O)O)C(C)C)cc12. The molecule has 0 radical (unpaired) electrons. The van der Waals surface area contributed by atoms with E-state index < -0.39 is 34.0 Å². The Morgan fingerprint density at radius 1 is 1.07 bits per heavy atom. The Labute approximate surface area is 166 Å². The van der Waals surface area contributed by atoms with E-state index in [-0.39, 0.29) is 4.90 Å². The molecule has 3 aromatic rings. The number of anilines is 1. The van der Waals surface area contributed by atoms with E-state index >= 15 is 0 Å². The van der Waals surface area contributed by atoms with E-state index in [4.69, 9.17) is 4.42 Å². The van der Waals surface area contributed by atoms with Gasteiger partial charge in [0.15, 0.2) is 0 Å². The molecule has 154 valence electrons. The lowest BCUT2D eigenvalue weighted by molar-refractivity contribution is -0.140. The molecule has 0 aliphatic heterocycles. The van der Waals surface area contributed by atoms with Gasteiger partial charge in [0.1, 0.15) is 17.2 Å². The van der Waals surface area contributed by atoms with Crippen LogP contribution in [-0.2, 0) is 19.6 Å². The molecule has 1 amide bonds. The normalized spacial score (nSPS) is 13.0. The molecule has 1 heterocycles. The summed E-state index contributed by atoms with van der Waals surface area (Å²) in [6.07, 6.45) is -0.627. The van der Waals surface area contributed by atoms with Gasteiger partial charge in [-0.2, -0.15) is 4.72 Å². The predicted molar refractivity (Wildman–Crippen MR) is 106 cm³/mol. The standard InChI is InChI=1S/C19H20N2O7S/c1-10(2)17(18(22)23)21-29(25,26)12-5-7-15-14(9-12)13-6-4-11(8-16(13)28-15)20-19(24)27-3/h4-10,17,21H,1-3H3,(H,20,24)(H,22,23)/t17-/m1/s1. The maximum atomic E-state index is 12.7. The number of sulfonamides is 1. The van der Waals surface area contributed by atoms with E-state index in [1.54, 1.807) is 32.0 Å². The fourth-order valence-corrected chi connectivity index (χ4v) is 4.24. The first-order valence-electron chi connectivity index (χ1n) is 8.69. The van der Waals surface area contributed by atoms with Gasteiger partial charge < -0.3 is 14.3 Å². The lowest BCUT2D eigenvalue weighted by Crippen LogP contribution is -2.44. The van der Waals surface area contributed by atoms with Crippen LogP contribution < -0.4 is 10.0 Å².